The molecule has 0 saturated carbocycles. The molecule has 1 aromatic heterocycles. The Hall–Kier alpha value is -2.10. The predicted octanol–water partition coefficient (Wildman–Crippen LogP) is 3.37. The molecule has 0 aliphatic carbocycles. The van der Waals surface area contributed by atoms with Crippen LogP contribution < -0.4 is 11.1 Å². The zero-order chi connectivity index (χ0) is 13.8. The normalized spacial score (nSPS) is 10.5. The highest BCUT2D eigenvalue weighted by atomic mass is 15.1. The molecule has 19 heavy (non-hydrogen) atoms. The lowest BCUT2D eigenvalue weighted by molar-refractivity contribution is 0.836. The summed E-state index contributed by atoms with van der Waals surface area (Å²) >= 11 is 0. The third-order valence-electron chi connectivity index (χ3n) is 3.02. The first-order chi connectivity index (χ1) is 9.10. The molecule has 0 aliphatic heterocycles. The molecule has 1 aromatic carbocycles. The molecule has 0 atom stereocenters. The van der Waals surface area contributed by atoms with E-state index in [0.717, 1.165) is 35.7 Å². The molecule has 0 amide bonds. The van der Waals surface area contributed by atoms with E-state index in [2.05, 4.69) is 41.3 Å². The van der Waals surface area contributed by atoms with E-state index in [1.807, 2.05) is 19.1 Å². The van der Waals surface area contributed by atoms with E-state index in [0.29, 0.717) is 5.82 Å². The average Bonchev–Trinajstić information content (AvgIpc) is 2.38. The number of aryl methyl sites for hydroxylation is 2. The largest absolute Gasteiger partial charge is 0.383 e. The zero-order valence-corrected chi connectivity index (χ0v) is 11.7. The van der Waals surface area contributed by atoms with Crippen molar-refractivity contribution in [2.24, 2.45) is 0 Å². The van der Waals surface area contributed by atoms with Crippen LogP contribution in [0.1, 0.15) is 30.3 Å². The molecule has 0 bridgehead atoms. The van der Waals surface area contributed by atoms with E-state index >= 15 is 0 Å². The van der Waals surface area contributed by atoms with Gasteiger partial charge in [-0.15, -0.1) is 0 Å². The van der Waals surface area contributed by atoms with Crippen LogP contribution in [0.15, 0.2) is 24.3 Å². The summed E-state index contributed by atoms with van der Waals surface area (Å²) in [5, 5.41) is 3.31. The average molecular weight is 256 g/mol. The van der Waals surface area contributed by atoms with Crippen molar-refractivity contribution in [2.45, 2.75) is 33.6 Å². The number of nitrogens with one attached hydrogen (secondary N) is 1. The van der Waals surface area contributed by atoms with Gasteiger partial charge in [-0.3, -0.25) is 0 Å². The summed E-state index contributed by atoms with van der Waals surface area (Å²) in [6, 6.07) is 8.20. The van der Waals surface area contributed by atoms with Crippen molar-refractivity contribution in [3.05, 3.63) is 41.2 Å². The van der Waals surface area contributed by atoms with E-state index in [4.69, 9.17) is 5.73 Å². The summed E-state index contributed by atoms with van der Waals surface area (Å²) in [5.41, 5.74) is 9.07. The number of nitrogens with zero attached hydrogens (tertiary/aromatic N) is 2. The minimum Gasteiger partial charge on any atom is -0.383 e. The van der Waals surface area contributed by atoms with Crippen LogP contribution in [0, 0.1) is 13.8 Å². The maximum absolute atomic E-state index is 5.94. The molecular formula is C15H20N4. The highest BCUT2D eigenvalue weighted by Gasteiger charge is 2.08. The highest BCUT2D eigenvalue weighted by Crippen LogP contribution is 2.22. The van der Waals surface area contributed by atoms with Gasteiger partial charge in [-0.1, -0.05) is 24.6 Å². The van der Waals surface area contributed by atoms with Crippen molar-refractivity contribution in [1.82, 2.24) is 9.97 Å². The van der Waals surface area contributed by atoms with Crippen LogP contribution in [0.25, 0.3) is 0 Å². The first kappa shape index (κ1) is 13.3. The van der Waals surface area contributed by atoms with Crippen molar-refractivity contribution >= 4 is 17.3 Å². The number of benzene rings is 1. The first-order valence-electron chi connectivity index (χ1n) is 6.57. The Bertz CT molecular complexity index is 561. The number of rotatable bonds is 4. The van der Waals surface area contributed by atoms with E-state index in [1.165, 1.54) is 5.56 Å². The monoisotopic (exact) mass is 256 g/mol. The zero-order valence-electron chi connectivity index (χ0n) is 11.7. The second kappa shape index (κ2) is 5.69. The molecule has 2 rings (SSSR count). The molecule has 4 heteroatoms. The van der Waals surface area contributed by atoms with Crippen LogP contribution >= 0.6 is 0 Å². The van der Waals surface area contributed by atoms with Crippen LogP contribution in [0.3, 0.4) is 0 Å². The lowest BCUT2D eigenvalue weighted by Crippen LogP contribution is -2.07. The molecule has 100 valence electrons. The molecule has 1 heterocycles. The van der Waals surface area contributed by atoms with Gasteiger partial charge in [-0.05, 0) is 32.4 Å². The Morgan fingerprint density at radius 1 is 1.11 bits per heavy atom. The van der Waals surface area contributed by atoms with Gasteiger partial charge < -0.3 is 11.1 Å². The molecular weight excluding hydrogens is 236 g/mol. The highest BCUT2D eigenvalue weighted by molar-refractivity contribution is 5.63. The number of anilines is 3. The smallest absolute Gasteiger partial charge is 0.139 e. The summed E-state index contributed by atoms with van der Waals surface area (Å²) < 4.78 is 0. The summed E-state index contributed by atoms with van der Waals surface area (Å²) in [4.78, 5) is 8.84. The minimum absolute atomic E-state index is 0.549. The predicted molar refractivity (Wildman–Crippen MR) is 79.6 cm³/mol. The molecule has 0 spiro atoms. The summed E-state index contributed by atoms with van der Waals surface area (Å²) in [6.45, 7) is 6.10. The van der Waals surface area contributed by atoms with Crippen LogP contribution in [0.2, 0.25) is 0 Å². The van der Waals surface area contributed by atoms with Crippen LogP contribution in [-0.2, 0) is 6.42 Å². The second-order valence-corrected chi connectivity index (χ2v) is 4.74. The van der Waals surface area contributed by atoms with Gasteiger partial charge in [0.1, 0.15) is 17.5 Å². The van der Waals surface area contributed by atoms with Crippen molar-refractivity contribution in [3.8, 4) is 0 Å². The Morgan fingerprint density at radius 2 is 1.79 bits per heavy atom. The topological polar surface area (TPSA) is 63.8 Å². The lowest BCUT2D eigenvalue weighted by Gasteiger charge is -2.12. The van der Waals surface area contributed by atoms with Crippen LogP contribution in [-0.4, -0.2) is 9.97 Å². The fraction of sp³-hybridized carbons (Fsp3) is 0.333. The molecule has 0 fully saturated rings. The van der Waals surface area contributed by atoms with Gasteiger partial charge >= 0.3 is 0 Å². The standard InChI is InChI=1S/C15H20N4/c1-4-5-13-18-14(16)11(3)15(19-13)17-12-8-6-10(2)7-9-12/h6-9H,4-5H2,1-3H3,(H3,16,17,18,19). The third-order valence-corrected chi connectivity index (χ3v) is 3.02. The Labute approximate surface area is 114 Å². The number of aromatic nitrogens is 2. The maximum atomic E-state index is 5.94. The second-order valence-electron chi connectivity index (χ2n) is 4.74. The van der Waals surface area contributed by atoms with Gasteiger partial charge in [0.2, 0.25) is 0 Å². The maximum Gasteiger partial charge on any atom is 0.139 e. The summed E-state index contributed by atoms with van der Waals surface area (Å²) in [5.74, 6) is 2.13. The van der Waals surface area contributed by atoms with Crippen molar-refractivity contribution < 1.29 is 0 Å². The van der Waals surface area contributed by atoms with E-state index in [-0.39, 0.29) is 0 Å². The van der Waals surface area contributed by atoms with Crippen LogP contribution in [0.4, 0.5) is 17.3 Å². The van der Waals surface area contributed by atoms with Crippen LogP contribution in [0.5, 0.6) is 0 Å². The Morgan fingerprint density at radius 3 is 2.42 bits per heavy atom. The molecule has 0 radical (unpaired) electrons. The molecule has 0 aliphatic rings. The fourth-order valence-electron chi connectivity index (χ4n) is 1.81. The number of hydrogen-bond acceptors (Lipinski definition) is 4. The molecule has 3 N–H and O–H groups in total. The van der Waals surface area contributed by atoms with Gasteiger partial charge in [0.15, 0.2) is 0 Å². The van der Waals surface area contributed by atoms with Crippen molar-refractivity contribution in [2.75, 3.05) is 11.1 Å². The van der Waals surface area contributed by atoms with Gasteiger partial charge in [-0.25, -0.2) is 9.97 Å². The quantitative estimate of drug-likeness (QED) is 0.880. The Balaban J connectivity index is 2.30. The fourth-order valence-corrected chi connectivity index (χ4v) is 1.81. The minimum atomic E-state index is 0.549. The lowest BCUT2D eigenvalue weighted by atomic mass is 10.2. The first-order valence-corrected chi connectivity index (χ1v) is 6.57. The van der Waals surface area contributed by atoms with Gasteiger partial charge in [0.25, 0.3) is 0 Å². The number of nitrogen functional groups attached to an aromatic ring is 1. The van der Waals surface area contributed by atoms with E-state index in [1.54, 1.807) is 0 Å². The van der Waals surface area contributed by atoms with Crippen molar-refractivity contribution in [1.29, 1.82) is 0 Å². The molecule has 2 aromatic rings. The Kier molecular flexibility index (Phi) is 4.00. The van der Waals surface area contributed by atoms with Gasteiger partial charge in [-0.2, -0.15) is 0 Å². The molecule has 0 saturated heterocycles. The third kappa shape index (κ3) is 3.22. The number of hydrogen-bond donors (Lipinski definition) is 2. The molecule has 0 unspecified atom stereocenters. The van der Waals surface area contributed by atoms with Gasteiger partial charge in [0.05, 0.1) is 0 Å². The summed E-state index contributed by atoms with van der Waals surface area (Å²) in [6.07, 6.45) is 1.85. The SMILES string of the molecule is CCCc1nc(N)c(C)c(Nc2ccc(C)cc2)n1. The van der Waals surface area contributed by atoms with Crippen molar-refractivity contribution in [3.63, 3.8) is 0 Å². The van der Waals surface area contributed by atoms with E-state index < -0.39 is 0 Å². The van der Waals surface area contributed by atoms with E-state index in [9.17, 15) is 0 Å². The summed E-state index contributed by atoms with van der Waals surface area (Å²) in [7, 11) is 0. The van der Waals surface area contributed by atoms with Gasteiger partial charge in [0, 0.05) is 17.7 Å². The number of nitrogens with two attached hydrogens (primary N) is 1. The molecule has 4 nitrogen and oxygen atoms in total.